The Morgan fingerprint density at radius 2 is 1.71 bits per heavy atom. The second-order valence-electron chi connectivity index (χ2n) is 14.1. The fourth-order valence-electron chi connectivity index (χ4n) is 8.38. The van der Waals surface area contributed by atoms with Gasteiger partial charge in [-0.3, -0.25) is 9.36 Å². The highest BCUT2D eigenvalue weighted by molar-refractivity contribution is 7.45. The minimum Gasteiger partial charge on any atom is -0.368 e. The number of anilines is 1. The van der Waals surface area contributed by atoms with Crippen molar-refractivity contribution in [2.45, 2.75) is 75.0 Å². The molecule has 9 rings (SSSR count). The molecule has 4 aliphatic rings. The summed E-state index contributed by atoms with van der Waals surface area (Å²) in [5.74, 6) is 0.0705. The van der Waals surface area contributed by atoms with Crippen LogP contribution in [-0.2, 0) is 18.5 Å². The number of carbonyl (C=O) groups is 1. The molecule has 262 valence electrons. The van der Waals surface area contributed by atoms with Crippen molar-refractivity contribution in [1.82, 2.24) is 24.2 Å². The van der Waals surface area contributed by atoms with Crippen molar-refractivity contribution < 1.29 is 23.3 Å². The van der Waals surface area contributed by atoms with E-state index in [2.05, 4.69) is 99.1 Å². The lowest BCUT2D eigenvalue weighted by atomic mass is 9.96. The van der Waals surface area contributed by atoms with Crippen molar-refractivity contribution in [3.8, 4) is 0 Å². The van der Waals surface area contributed by atoms with Crippen LogP contribution in [0.25, 0.3) is 11.2 Å². The average molecular weight is 721 g/mol. The summed E-state index contributed by atoms with van der Waals surface area (Å²) in [6.07, 6.45) is 4.91. The summed E-state index contributed by atoms with van der Waals surface area (Å²) >= 11 is 0. The van der Waals surface area contributed by atoms with Gasteiger partial charge in [-0.1, -0.05) is 103 Å². The second kappa shape index (κ2) is 13.3. The smallest absolute Gasteiger partial charge is 0.259 e. The van der Waals surface area contributed by atoms with Gasteiger partial charge in [0.25, 0.3) is 14.4 Å². The Kier molecular flexibility index (Phi) is 8.59. The van der Waals surface area contributed by atoms with E-state index in [1.54, 1.807) is 18.5 Å². The number of aromatic nitrogens is 4. The van der Waals surface area contributed by atoms with Gasteiger partial charge in [-0.05, 0) is 37.4 Å². The van der Waals surface area contributed by atoms with Crippen LogP contribution in [0.5, 0.6) is 0 Å². The molecule has 51 heavy (non-hydrogen) atoms. The van der Waals surface area contributed by atoms with Gasteiger partial charge in [-0.2, -0.15) is 0 Å². The van der Waals surface area contributed by atoms with E-state index < -0.39 is 28.4 Å². The minimum absolute atomic E-state index is 0.0729. The molecule has 2 bridgehead atoms. The van der Waals surface area contributed by atoms with Gasteiger partial charge in [0.1, 0.15) is 32.2 Å². The third-order valence-electron chi connectivity index (χ3n) is 11.2. The lowest BCUT2D eigenvalue weighted by Crippen LogP contribution is -2.58. The Hall–Kier alpha value is -3.87. The molecule has 6 heterocycles. The first kappa shape index (κ1) is 33.0. The number of rotatable bonds is 10. The van der Waals surface area contributed by atoms with Crippen molar-refractivity contribution >= 4 is 49.9 Å². The largest absolute Gasteiger partial charge is 0.368 e. The van der Waals surface area contributed by atoms with Crippen LogP contribution in [0.4, 0.5) is 5.82 Å². The quantitative estimate of drug-likeness (QED) is 0.147. The standard InChI is InChI=1S/C38H41N6O5PSi/c1-3-38-23-46-32(37(47-38)43-25-41-31-34(39-24-40-35(31)43)42-36(45)26-14-7-4-8-15-26)33(38)49-50-44-21-13-20-29(44)30(48-50)22-51(2,27-16-9-5-10-17-27)28-18-11-6-12-19-28/h4-12,14-19,24-25,29-30,32-33,37H,3,13,20-23H2,1-2H3,(H,39,40,42,45)/t29-,30+,32?,33+,37+,38-,50+/m0/s1. The van der Waals surface area contributed by atoms with E-state index in [0.29, 0.717) is 41.6 Å². The Labute approximate surface area is 299 Å². The molecule has 4 fully saturated rings. The van der Waals surface area contributed by atoms with Gasteiger partial charge in [0, 0.05) is 18.2 Å². The topological polar surface area (TPSA) is 113 Å². The summed E-state index contributed by atoms with van der Waals surface area (Å²) in [6, 6.07) is 32.3. The van der Waals surface area contributed by atoms with Crippen molar-refractivity contribution in [1.29, 1.82) is 0 Å². The van der Waals surface area contributed by atoms with Crippen LogP contribution in [0, 0.1) is 0 Å². The summed E-state index contributed by atoms with van der Waals surface area (Å²) in [7, 11) is -3.47. The molecule has 13 heteroatoms. The van der Waals surface area contributed by atoms with Crippen LogP contribution in [0.1, 0.15) is 42.8 Å². The monoisotopic (exact) mass is 720 g/mol. The third-order valence-corrected chi connectivity index (χ3v) is 17.5. The van der Waals surface area contributed by atoms with E-state index >= 15 is 0 Å². The van der Waals surface area contributed by atoms with Gasteiger partial charge < -0.3 is 23.8 Å². The fraction of sp³-hybridized carbons (Fsp3) is 0.368. The number of fused-ring (bicyclic) bond motifs is 4. The lowest BCUT2D eigenvalue weighted by Gasteiger charge is -2.32. The molecule has 0 aliphatic carbocycles. The Morgan fingerprint density at radius 3 is 2.41 bits per heavy atom. The Morgan fingerprint density at radius 1 is 1.00 bits per heavy atom. The maximum absolute atomic E-state index is 13.0. The molecule has 3 aromatic carbocycles. The molecule has 0 radical (unpaired) electrons. The SMILES string of the molecule is CC[C@@]12COC([C@H](n3cnc4c(NC(=O)c5ccccc5)ncnc43)O1)[C@H]2O[P@@]1O[C@H](C[Si](C)(c2ccccc2)c2ccccc2)[C@@H]2CCCN21. The van der Waals surface area contributed by atoms with Gasteiger partial charge in [-0.25, -0.2) is 19.6 Å². The van der Waals surface area contributed by atoms with E-state index in [1.165, 1.54) is 16.7 Å². The molecule has 0 spiro atoms. The fourth-order valence-corrected chi connectivity index (χ4v) is 14.4. The number of ether oxygens (including phenoxy) is 2. The van der Waals surface area contributed by atoms with Gasteiger partial charge in [0.05, 0.1) is 19.0 Å². The molecule has 1 unspecified atom stereocenters. The van der Waals surface area contributed by atoms with E-state index in [9.17, 15) is 4.79 Å². The van der Waals surface area contributed by atoms with Crippen LogP contribution in [0.2, 0.25) is 12.6 Å². The number of hydrogen-bond donors (Lipinski definition) is 1. The van der Waals surface area contributed by atoms with E-state index in [-0.39, 0.29) is 24.2 Å². The molecule has 1 N–H and O–H groups in total. The molecule has 2 aromatic heterocycles. The van der Waals surface area contributed by atoms with Gasteiger partial charge in [-0.15, -0.1) is 0 Å². The normalized spacial score (nSPS) is 28.7. The van der Waals surface area contributed by atoms with Crippen LogP contribution < -0.4 is 15.7 Å². The van der Waals surface area contributed by atoms with Crippen LogP contribution in [-0.4, -0.2) is 81.3 Å². The molecular weight excluding hydrogens is 680 g/mol. The number of nitrogens with zero attached hydrogens (tertiary/aromatic N) is 5. The molecular formula is C38H41N6O5PSi. The molecule has 0 saturated carbocycles. The van der Waals surface area contributed by atoms with Crippen molar-refractivity contribution in [3.63, 3.8) is 0 Å². The minimum atomic E-state index is -2.14. The maximum Gasteiger partial charge on any atom is 0.259 e. The number of hydrogen-bond acceptors (Lipinski definition) is 9. The zero-order valence-corrected chi connectivity index (χ0v) is 30.6. The second-order valence-corrected chi connectivity index (χ2v) is 19.8. The highest BCUT2D eigenvalue weighted by Gasteiger charge is 2.64. The Balaban J connectivity index is 0.970. The number of benzene rings is 3. The summed E-state index contributed by atoms with van der Waals surface area (Å²) in [4.78, 5) is 26.5. The lowest BCUT2D eigenvalue weighted by molar-refractivity contribution is -0.172. The summed E-state index contributed by atoms with van der Waals surface area (Å²) in [5, 5.41) is 5.74. The predicted molar refractivity (Wildman–Crippen MR) is 198 cm³/mol. The first-order valence-electron chi connectivity index (χ1n) is 17.8. The number of amides is 1. The maximum atomic E-state index is 13.0. The van der Waals surface area contributed by atoms with Gasteiger partial charge in [0.2, 0.25) is 0 Å². The van der Waals surface area contributed by atoms with Crippen LogP contribution in [0.3, 0.4) is 0 Å². The van der Waals surface area contributed by atoms with Crippen molar-refractivity contribution in [3.05, 3.63) is 109 Å². The highest BCUT2D eigenvalue weighted by Crippen LogP contribution is 2.61. The number of carbonyl (C=O) groups excluding carboxylic acids is 1. The van der Waals surface area contributed by atoms with Gasteiger partial charge >= 0.3 is 0 Å². The summed E-state index contributed by atoms with van der Waals surface area (Å²) in [5.41, 5.74) is 0.920. The van der Waals surface area contributed by atoms with Crippen LogP contribution in [0.15, 0.2) is 104 Å². The molecule has 11 nitrogen and oxygen atoms in total. The van der Waals surface area contributed by atoms with E-state index in [0.717, 1.165) is 25.4 Å². The van der Waals surface area contributed by atoms with Crippen molar-refractivity contribution in [2.75, 3.05) is 18.5 Å². The third kappa shape index (κ3) is 5.65. The molecule has 4 saturated heterocycles. The summed E-state index contributed by atoms with van der Waals surface area (Å²) in [6.45, 7) is 6.01. The number of imidazole rings is 1. The zero-order chi connectivity index (χ0) is 34.6. The van der Waals surface area contributed by atoms with Crippen molar-refractivity contribution in [2.24, 2.45) is 0 Å². The van der Waals surface area contributed by atoms with E-state index in [1.807, 2.05) is 22.8 Å². The predicted octanol–water partition coefficient (Wildman–Crippen LogP) is 5.52. The number of nitrogens with one attached hydrogen (secondary N) is 1. The molecule has 7 atom stereocenters. The first-order valence-corrected chi connectivity index (χ1v) is 21.7. The highest BCUT2D eigenvalue weighted by atomic mass is 31.2. The molecule has 5 aromatic rings. The molecule has 1 amide bonds. The zero-order valence-electron chi connectivity index (χ0n) is 28.7. The van der Waals surface area contributed by atoms with Gasteiger partial charge in [0.15, 0.2) is 23.2 Å². The summed E-state index contributed by atoms with van der Waals surface area (Å²) < 4.78 is 31.9. The average Bonchev–Trinajstić information content (AvgIpc) is 4.01. The van der Waals surface area contributed by atoms with E-state index in [4.69, 9.17) is 18.5 Å². The molecule has 4 aliphatic heterocycles. The Bertz CT molecular complexity index is 1990. The van der Waals surface area contributed by atoms with Crippen LogP contribution >= 0.6 is 8.53 Å². The first-order chi connectivity index (χ1) is 25.0.